The van der Waals surface area contributed by atoms with Crippen molar-refractivity contribution in [2.45, 2.75) is 52.2 Å². The summed E-state index contributed by atoms with van der Waals surface area (Å²) in [5.41, 5.74) is 2.92. The summed E-state index contributed by atoms with van der Waals surface area (Å²) in [5, 5.41) is 3.23. The van der Waals surface area contributed by atoms with Gasteiger partial charge in [-0.1, -0.05) is 39.0 Å². The van der Waals surface area contributed by atoms with Crippen LogP contribution in [0.5, 0.6) is 11.5 Å². The molecule has 0 bridgehead atoms. The number of fused-ring (bicyclic) bond motifs is 1. The number of nitrogens with one attached hydrogen (secondary N) is 1. The van der Waals surface area contributed by atoms with E-state index >= 15 is 0 Å². The fourth-order valence-corrected chi connectivity index (χ4v) is 4.28. The maximum atomic E-state index is 14.5. The number of hydrogen-bond acceptors (Lipinski definition) is 4. The summed E-state index contributed by atoms with van der Waals surface area (Å²) in [5.74, 6) is 1.05. The first-order chi connectivity index (χ1) is 14.9. The van der Waals surface area contributed by atoms with Gasteiger partial charge < -0.3 is 14.8 Å². The molecule has 2 aromatic carbocycles. The first kappa shape index (κ1) is 23.1. The summed E-state index contributed by atoms with van der Waals surface area (Å²) in [6.45, 7) is 7.08. The first-order valence-electron chi connectivity index (χ1n) is 10.9. The zero-order chi connectivity index (χ0) is 22.5. The molecular weight excluding hydrogens is 395 g/mol. The molecule has 1 aliphatic rings. The van der Waals surface area contributed by atoms with Crippen molar-refractivity contribution >= 4 is 5.91 Å². The van der Waals surface area contributed by atoms with Crippen LogP contribution in [0.1, 0.15) is 49.9 Å². The van der Waals surface area contributed by atoms with Gasteiger partial charge >= 0.3 is 0 Å². The molecule has 0 saturated carbocycles. The Morgan fingerprint density at radius 2 is 1.87 bits per heavy atom. The monoisotopic (exact) mass is 428 g/mol. The van der Waals surface area contributed by atoms with Gasteiger partial charge in [-0.2, -0.15) is 0 Å². The number of amides is 1. The number of carbonyl (C=O) groups is 1. The number of nitrogens with zero attached hydrogens (tertiary/aromatic N) is 1. The van der Waals surface area contributed by atoms with Gasteiger partial charge in [-0.05, 0) is 42.2 Å². The molecule has 1 amide bonds. The number of rotatable bonds is 8. The Bertz CT molecular complexity index is 916. The van der Waals surface area contributed by atoms with Gasteiger partial charge in [0, 0.05) is 30.6 Å². The van der Waals surface area contributed by atoms with Crippen molar-refractivity contribution in [2.75, 3.05) is 20.8 Å². The average molecular weight is 429 g/mol. The first-order valence-corrected chi connectivity index (χ1v) is 10.9. The van der Waals surface area contributed by atoms with E-state index in [0.717, 1.165) is 24.9 Å². The second kappa shape index (κ2) is 10.1. The highest BCUT2D eigenvalue weighted by Gasteiger charge is 2.35. The van der Waals surface area contributed by atoms with Crippen LogP contribution in [0, 0.1) is 11.7 Å². The van der Waals surface area contributed by atoms with Gasteiger partial charge in [0.05, 0.1) is 20.3 Å². The molecule has 2 aromatic rings. The van der Waals surface area contributed by atoms with E-state index in [1.807, 2.05) is 38.1 Å². The Morgan fingerprint density at radius 1 is 1.19 bits per heavy atom. The molecule has 1 N–H and O–H groups in total. The van der Waals surface area contributed by atoms with E-state index in [1.165, 1.54) is 11.6 Å². The van der Waals surface area contributed by atoms with Gasteiger partial charge in [0.1, 0.15) is 5.82 Å². The van der Waals surface area contributed by atoms with E-state index in [4.69, 9.17) is 9.47 Å². The molecule has 1 aliphatic heterocycles. The zero-order valence-corrected chi connectivity index (χ0v) is 19.1. The molecule has 0 unspecified atom stereocenters. The van der Waals surface area contributed by atoms with Crippen molar-refractivity contribution in [1.29, 1.82) is 0 Å². The van der Waals surface area contributed by atoms with Crippen LogP contribution in [0.2, 0.25) is 0 Å². The number of hydrogen-bond donors (Lipinski definition) is 1. The summed E-state index contributed by atoms with van der Waals surface area (Å²) >= 11 is 0. The maximum Gasteiger partial charge on any atom is 0.222 e. The average Bonchev–Trinajstić information content (AvgIpc) is 2.77. The largest absolute Gasteiger partial charge is 0.493 e. The summed E-state index contributed by atoms with van der Waals surface area (Å²) < 4.78 is 25.5. The standard InChI is InChI=1S/C25H33FN2O3/c1-6-21(27-25(29)16(2)3)24-19-14-23(31-5)22(30-4)13-17(19)11-12-28(24)15-18-9-7-8-10-20(18)26/h7-10,13-14,16,21,24H,6,11-12,15H2,1-5H3,(H,27,29)/t21-,24-/m1/s1. The minimum absolute atomic E-state index is 0.0188. The van der Waals surface area contributed by atoms with E-state index in [0.29, 0.717) is 23.6 Å². The number of benzene rings is 2. The van der Waals surface area contributed by atoms with Crippen molar-refractivity contribution < 1.29 is 18.7 Å². The van der Waals surface area contributed by atoms with Crippen LogP contribution in [-0.4, -0.2) is 37.6 Å². The van der Waals surface area contributed by atoms with Crippen LogP contribution >= 0.6 is 0 Å². The fraction of sp³-hybridized carbons (Fsp3) is 0.480. The van der Waals surface area contributed by atoms with Gasteiger partial charge in [-0.25, -0.2) is 4.39 Å². The molecule has 0 fully saturated rings. The minimum atomic E-state index is -0.210. The second-order valence-electron chi connectivity index (χ2n) is 8.34. The van der Waals surface area contributed by atoms with Gasteiger partial charge in [0.25, 0.3) is 0 Å². The smallest absolute Gasteiger partial charge is 0.222 e. The normalized spacial score (nSPS) is 17.2. The Morgan fingerprint density at radius 3 is 2.48 bits per heavy atom. The van der Waals surface area contributed by atoms with E-state index in [9.17, 15) is 9.18 Å². The topological polar surface area (TPSA) is 50.8 Å². The molecule has 168 valence electrons. The van der Waals surface area contributed by atoms with Gasteiger partial charge in [0.15, 0.2) is 11.5 Å². The predicted octanol–water partition coefficient (Wildman–Crippen LogP) is 4.49. The Balaban J connectivity index is 2.05. The highest BCUT2D eigenvalue weighted by Crippen LogP contribution is 2.40. The van der Waals surface area contributed by atoms with E-state index < -0.39 is 0 Å². The van der Waals surface area contributed by atoms with Crippen LogP contribution in [0.25, 0.3) is 0 Å². The lowest BCUT2D eigenvalue weighted by molar-refractivity contribution is -0.125. The molecule has 31 heavy (non-hydrogen) atoms. The SMILES string of the molecule is CC[C@@H](NC(=O)C(C)C)[C@H]1c2cc(OC)c(OC)cc2CCN1Cc1ccccc1F. The van der Waals surface area contributed by atoms with Gasteiger partial charge in [0.2, 0.25) is 5.91 Å². The molecule has 6 heteroatoms. The van der Waals surface area contributed by atoms with E-state index in [1.54, 1.807) is 20.3 Å². The maximum absolute atomic E-state index is 14.5. The summed E-state index contributed by atoms with van der Waals surface area (Å²) in [6, 6.07) is 10.7. The number of carbonyl (C=O) groups excluding carboxylic acids is 1. The van der Waals surface area contributed by atoms with Crippen molar-refractivity contribution in [3.8, 4) is 11.5 Å². The lowest BCUT2D eigenvalue weighted by atomic mass is 9.86. The molecule has 0 spiro atoms. The highest BCUT2D eigenvalue weighted by molar-refractivity contribution is 5.78. The third kappa shape index (κ3) is 5.01. The Kier molecular flexibility index (Phi) is 7.55. The number of methoxy groups -OCH3 is 2. The summed E-state index contributed by atoms with van der Waals surface area (Å²) in [4.78, 5) is 14.8. The van der Waals surface area contributed by atoms with Crippen molar-refractivity contribution in [1.82, 2.24) is 10.2 Å². The van der Waals surface area contributed by atoms with E-state index in [-0.39, 0.29) is 29.7 Å². The predicted molar refractivity (Wildman–Crippen MR) is 120 cm³/mol. The molecule has 0 aliphatic carbocycles. The van der Waals surface area contributed by atoms with Crippen LogP contribution in [0.3, 0.4) is 0 Å². The summed E-state index contributed by atoms with van der Waals surface area (Å²) in [6.07, 6.45) is 1.57. The fourth-order valence-electron chi connectivity index (χ4n) is 4.28. The lowest BCUT2D eigenvalue weighted by Gasteiger charge is -2.42. The van der Waals surface area contributed by atoms with Crippen LogP contribution < -0.4 is 14.8 Å². The quantitative estimate of drug-likeness (QED) is 0.673. The third-order valence-corrected chi connectivity index (χ3v) is 6.03. The molecule has 0 radical (unpaired) electrons. The van der Waals surface area contributed by atoms with Crippen LogP contribution in [0.15, 0.2) is 36.4 Å². The molecule has 2 atom stereocenters. The minimum Gasteiger partial charge on any atom is -0.493 e. The van der Waals surface area contributed by atoms with Crippen LogP contribution in [0.4, 0.5) is 4.39 Å². The molecule has 1 heterocycles. The lowest BCUT2D eigenvalue weighted by Crippen LogP contribution is -2.49. The van der Waals surface area contributed by atoms with Gasteiger partial charge in [-0.15, -0.1) is 0 Å². The third-order valence-electron chi connectivity index (χ3n) is 6.03. The summed E-state index contributed by atoms with van der Waals surface area (Å²) in [7, 11) is 3.25. The Labute approximate surface area is 184 Å². The Hall–Kier alpha value is -2.60. The molecule has 3 rings (SSSR count). The highest BCUT2D eigenvalue weighted by atomic mass is 19.1. The molecular formula is C25H33FN2O3. The number of halogens is 1. The van der Waals surface area contributed by atoms with Crippen molar-refractivity contribution in [3.05, 3.63) is 58.9 Å². The molecule has 0 aromatic heterocycles. The van der Waals surface area contributed by atoms with E-state index in [2.05, 4.69) is 17.1 Å². The number of ether oxygens (including phenoxy) is 2. The van der Waals surface area contributed by atoms with Gasteiger partial charge in [-0.3, -0.25) is 9.69 Å². The second-order valence-corrected chi connectivity index (χ2v) is 8.34. The zero-order valence-electron chi connectivity index (χ0n) is 19.1. The molecule has 5 nitrogen and oxygen atoms in total. The van der Waals surface area contributed by atoms with Crippen LogP contribution in [-0.2, 0) is 17.8 Å². The molecule has 0 saturated heterocycles. The van der Waals surface area contributed by atoms with Crippen molar-refractivity contribution in [3.63, 3.8) is 0 Å². The van der Waals surface area contributed by atoms with Crippen molar-refractivity contribution in [2.24, 2.45) is 5.92 Å².